The van der Waals surface area contributed by atoms with E-state index in [0.29, 0.717) is 0 Å². The number of ether oxygens (including phenoxy) is 2. The fourth-order valence-electron chi connectivity index (χ4n) is 3.47. The molecule has 5 nitrogen and oxygen atoms in total. The van der Waals surface area contributed by atoms with Crippen molar-refractivity contribution in [2.24, 2.45) is 0 Å². The quantitative estimate of drug-likeness (QED) is 0.692. The third kappa shape index (κ3) is 3.36. The third-order valence-corrected chi connectivity index (χ3v) is 5.58. The van der Waals surface area contributed by atoms with Crippen LogP contribution in [-0.4, -0.2) is 25.3 Å². The first kappa shape index (κ1) is 18.5. The van der Waals surface area contributed by atoms with Crippen LogP contribution in [0.15, 0.2) is 76.7 Å². The summed E-state index contributed by atoms with van der Waals surface area (Å²) >= 11 is 3.50. The second-order valence-corrected chi connectivity index (χ2v) is 7.44. The zero-order valence-corrected chi connectivity index (χ0v) is 17.6. The van der Waals surface area contributed by atoms with E-state index in [9.17, 15) is 0 Å². The highest BCUT2D eigenvalue weighted by molar-refractivity contribution is 9.10. The highest BCUT2D eigenvalue weighted by Crippen LogP contribution is 2.35. The predicted molar refractivity (Wildman–Crippen MR) is 116 cm³/mol. The van der Waals surface area contributed by atoms with Crippen molar-refractivity contribution in [2.75, 3.05) is 19.5 Å². The van der Waals surface area contributed by atoms with Crippen LogP contribution in [0, 0.1) is 0 Å². The Morgan fingerprint density at radius 3 is 2.75 bits per heavy atom. The average molecular weight is 440 g/mol. The van der Waals surface area contributed by atoms with Crippen LogP contribution in [0.25, 0.3) is 5.70 Å². The molecule has 2 aromatic rings. The van der Waals surface area contributed by atoms with Gasteiger partial charge in [0.1, 0.15) is 17.7 Å². The number of anilines is 1. The van der Waals surface area contributed by atoms with Gasteiger partial charge in [-0.2, -0.15) is 0 Å². The number of nitrogens with zero attached hydrogens (tertiary/aromatic N) is 1. The van der Waals surface area contributed by atoms with Crippen LogP contribution in [0.2, 0.25) is 0 Å². The summed E-state index contributed by atoms with van der Waals surface area (Å²) in [5.74, 6) is 1.63. The number of allylic oxidation sites excluding steroid dienone is 3. The van der Waals surface area contributed by atoms with Crippen molar-refractivity contribution in [1.82, 2.24) is 10.2 Å². The lowest BCUT2D eigenvalue weighted by molar-refractivity contribution is 0.386. The molecule has 0 saturated carbocycles. The van der Waals surface area contributed by atoms with Crippen LogP contribution in [0.3, 0.4) is 0 Å². The standard InChI is InChI=1S/C22H22BrN3O2/c1-14-21(15-6-4-7-17(12-15)27-2)25-22-19(8-5-11-26(14)22)24-16-9-10-18(23)20(13-16)28-3/h4-13,22,24-25H,1-3H3. The largest absolute Gasteiger partial charge is 0.497 e. The molecule has 2 aliphatic rings. The highest BCUT2D eigenvalue weighted by Gasteiger charge is 2.32. The van der Waals surface area contributed by atoms with E-state index in [1.807, 2.05) is 36.4 Å². The number of halogens is 1. The molecule has 0 aliphatic carbocycles. The lowest BCUT2D eigenvalue weighted by Crippen LogP contribution is -2.39. The minimum Gasteiger partial charge on any atom is -0.497 e. The van der Waals surface area contributed by atoms with Gasteiger partial charge in [0.05, 0.1) is 30.1 Å². The number of hydrogen-bond acceptors (Lipinski definition) is 5. The Morgan fingerprint density at radius 2 is 1.96 bits per heavy atom. The summed E-state index contributed by atoms with van der Waals surface area (Å²) < 4.78 is 11.7. The molecule has 0 saturated heterocycles. The first-order valence-electron chi connectivity index (χ1n) is 9.00. The minimum absolute atomic E-state index is 0.000780. The minimum atomic E-state index is 0.000780. The molecule has 4 rings (SSSR count). The van der Waals surface area contributed by atoms with E-state index in [1.165, 1.54) is 0 Å². The maximum Gasteiger partial charge on any atom is 0.144 e. The molecule has 2 aromatic carbocycles. The van der Waals surface area contributed by atoms with Gasteiger partial charge in [-0.3, -0.25) is 0 Å². The molecule has 0 spiro atoms. The van der Waals surface area contributed by atoms with Gasteiger partial charge in [-0.1, -0.05) is 12.1 Å². The van der Waals surface area contributed by atoms with Crippen molar-refractivity contribution in [1.29, 1.82) is 0 Å². The summed E-state index contributed by atoms with van der Waals surface area (Å²) in [5, 5.41) is 7.17. The molecule has 2 aliphatic heterocycles. The first-order valence-corrected chi connectivity index (χ1v) is 9.79. The Hall–Kier alpha value is -2.86. The van der Waals surface area contributed by atoms with Gasteiger partial charge in [0, 0.05) is 29.2 Å². The normalized spacial score (nSPS) is 17.8. The molecule has 144 valence electrons. The second kappa shape index (κ2) is 7.64. The van der Waals surface area contributed by atoms with E-state index in [1.54, 1.807) is 14.2 Å². The van der Waals surface area contributed by atoms with Crippen LogP contribution in [-0.2, 0) is 0 Å². The van der Waals surface area contributed by atoms with Gasteiger partial charge in [-0.15, -0.1) is 0 Å². The molecule has 0 bridgehead atoms. The maximum atomic E-state index is 5.41. The second-order valence-electron chi connectivity index (χ2n) is 6.58. The lowest BCUT2D eigenvalue weighted by Gasteiger charge is -2.30. The van der Waals surface area contributed by atoms with Crippen molar-refractivity contribution in [3.05, 3.63) is 82.2 Å². The fourth-order valence-corrected chi connectivity index (χ4v) is 3.88. The molecule has 2 heterocycles. The summed E-state index contributed by atoms with van der Waals surface area (Å²) in [6, 6.07) is 14.1. The third-order valence-electron chi connectivity index (χ3n) is 4.92. The Bertz CT molecular complexity index is 997. The highest BCUT2D eigenvalue weighted by atomic mass is 79.9. The van der Waals surface area contributed by atoms with Crippen molar-refractivity contribution in [3.63, 3.8) is 0 Å². The van der Waals surface area contributed by atoms with Gasteiger partial charge < -0.3 is 25.0 Å². The number of rotatable bonds is 5. The Balaban J connectivity index is 1.59. The van der Waals surface area contributed by atoms with Gasteiger partial charge >= 0.3 is 0 Å². The monoisotopic (exact) mass is 439 g/mol. The summed E-state index contributed by atoms with van der Waals surface area (Å²) in [6.07, 6.45) is 6.23. The molecule has 2 N–H and O–H groups in total. The van der Waals surface area contributed by atoms with Crippen LogP contribution < -0.4 is 20.1 Å². The van der Waals surface area contributed by atoms with E-state index >= 15 is 0 Å². The number of nitrogens with one attached hydrogen (secondary N) is 2. The van der Waals surface area contributed by atoms with E-state index in [0.717, 1.165) is 44.3 Å². The maximum absolute atomic E-state index is 5.41. The van der Waals surface area contributed by atoms with Crippen molar-refractivity contribution in [3.8, 4) is 11.5 Å². The fraction of sp³-hybridized carbons (Fsp3) is 0.182. The lowest BCUT2D eigenvalue weighted by atomic mass is 10.1. The van der Waals surface area contributed by atoms with Crippen LogP contribution >= 0.6 is 15.9 Å². The van der Waals surface area contributed by atoms with Crippen molar-refractivity contribution < 1.29 is 9.47 Å². The van der Waals surface area contributed by atoms with Gasteiger partial charge in [-0.25, -0.2) is 0 Å². The Morgan fingerprint density at radius 1 is 1.11 bits per heavy atom. The molecule has 0 amide bonds. The van der Waals surface area contributed by atoms with Crippen molar-refractivity contribution in [2.45, 2.75) is 13.1 Å². The Kier molecular flexibility index (Phi) is 5.05. The molecule has 1 unspecified atom stereocenters. The van der Waals surface area contributed by atoms with Gasteiger partial charge in [-0.05, 0) is 59.3 Å². The number of fused-ring (bicyclic) bond motifs is 1. The molecule has 0 aromatic heterocycles. The molecular weight excluding hydrogens is 418 g/mol. The zero-order valence-electron chi connectivity index (χ0n) is 16.0. The molecule has 0 fully saturated rings. The van der Waals surface area contributed by atoms with Crippen molar-refractivity contribution >= 4 is 27.3 Å². The first-order chi connectivity index (χ1) is 13.6. The summed E-state index contributed by atoms with van der Waals surface area (Å²) in [6.45, 7) is 2.12. The van der Waals surface area contributed by atoms with E-state index in [4.69, 9.17) is 9.47 Å². The molecule has 28 heavy (non-hydrogen) atoms. The smallest absolute Gasteiger partial charge is 0.144 e. The predicted octanol–water partition coefficient (Wildman–Crippen LogP) is 4.91. The average Bonchev–Trinajstić information content (AvgIpc) is 3.07. The summed E-state index contributed by atoms with van der Waals surface area (Å²) in [7, 11) is 3.35. The van der Waals surface area contributed by atoms with Gasteiger partial charge in [0.2, 0.25) is 0 Å². The molecule has 1 atom stereocenters. The van der Waals surface area contributed by atoms with E-state index < -0.39 is 0 Å². The number of methoxy groups -OCH3 is 2. The summed E-state index contributed by atoms with van der Waals surface area (Å²) in [5.41, 5.74) is 5.39. The SMILES string of the molecule is COc1cccc(C2=C(C)N3C=CC=C(Nc4ccc(Br)c(OC)c4)C3N2)c1. The van der Waals surface area contributed by atoms with E-state index in [-0.39, 0.29) is 6.17 Å². The van der Waals surface area contributed by atoms with Crippen LogP contribution in [0.5, 0.6) is 11.5 Å². The number of hydrogen-bond donors (Lipinski definition) is 2. The van der Waals surface area contributed by atoms with Crippen LogP contribution in [0.4, 0.5) is 5.69 Å². The topological polar surface area (TPSA) is 45.8 Å². The van der Waals surface area contributed by atoms with Crippen LogP contribution in [0.1, 0.15) is 12.5 Å². The molecule has 0 radical (unpaired) electrons. The van der Waals surface area contributed by atoms with E-state index in [2.05, 4.69) is 62.8 Å². The number of benzene rings is 2. The molecular formula is C22H22BrN3O2. The van der Waals surface area contributed by atoms with Gasteiger partial charge in [0.15, 0.2) is 0 Å². The molecule has 6 heteroatoms. The Labute approximate surface area is 173 Å². The van der Waals surface area contributed by atoms with Gasteiger partial charge in [0.25, 0.3) is 0 Å². The zero-order chi connectivity index (χ0) is 19.7. The summed E-state index contributed by atoms with van der Waals surface area (Å²) in [4.78, 5) is 2.23.